The van der Waals surface area contributed by atoms with Gasteiger partial charge in [-0.05, 0) is 32.6 Å². The van der Waals surface area contributed by atoms with Crippen LogP contribution in [0.2, 0.25) is 26.2 Å². The van der Waals surface area contributed by atoms with E-state index in [0.29, 0.717) is 0 Å². The van der Waals surface area contributed by atoms with Crippen molar-refractivity contribution in [3.05, 3.63) is 0 Å². The van der Waals surface area contributed by atoms with Crippen LogP contribution in [0, 0.1) is 0 Å². The van der Waals surface area contributed by atoms with E-state index in [0.717, 1.165) is 12.8 Å². The van der Waals surface area contributed by atoms with Crippen molar-refractivity contribution >= 4 is 17.4 Å². The van der Waals surface area contributed by atoms with E-state index in [9.17, 15) is 5.11 Å². The number of aliphatic hydroxyl groups is 1. The van der Waals surface area contributed by atoms with Crippen LogP contribution in [-0.2, 0) is 4.12 Å². The van der Waals surface area contributed by atoms with Gasteiger partial charge in [-0.1, -0.05) is 13.3 Å². The van der Waals surface area contributed by atoms with Crippen molar-refractivity contribution in [3.63, 3.8) is 0 Å². The maximum atomic E-state index is 9.78. The average molecular weight is 206 g/mol. The lowest BCUT2D eigenvalue weighted by atomic mass is 10.4. The standard InChI is InChI=1S/C8H22O2Si2/c1-6-7-8(9)12(4,5)10-11(2)3/h8-9,11H,6-7H2,1-5H3. The van der Waals surface area contributed by atoms with E-state index in [2.05, 4.69) is 33.1 Å². The van der Waals surface area contributed by atoms with E-state index >= 15 is 0 Å². The number of rotatable bonds is 5. The smallest absolute Gasteiger partial charge is 0.202 e. The lowest BCUT2D eigenvalue weighted by molar-refractivity contribution is 0.213. The van der Waals surface area contributed by atoms with Crippen LogP contribution >= 0.6 is 0 Å². The molecule has 0 heterocycles. The molecule has 0 bridgehead atoms. The molecule has 12 heavy (non-hydrogen) atoms. The summed E-state index contributed by atoms with van der Waals surface area (Å²) in [4.78, 5) is 0. The second-order valence-corrected chi connectivity index (χ2v) is 11.0. The van der Waals surface area contributed by atoms with Crippen molar-refractivity contribution in [2.24, 2.45) is 0 Å². The summed E-state index contributed by atoms with van der Waals surface area (Å²) in [5, 5.41) is 9.78. The van der Waals surface area contributed by atoms with E-state index in [-0.39, 0.29) is 5.73 Å². The Balaban J connectivity index is 3.99. The molecule has 0 aromatic rings. The van der Waals surface area contributed by atoms with E-state index in [4.69, 9.17) is 4.12 Å². The van der Waals surface area contributed by atoms with Crippen molar-refractivity contribution in [2.45, 2.75) is 51.7 Å². The molecule has 1 unspecified atom stereocenters. The van der Waals surface area contributed by atoms with Gasteiger partial charge in [0.05, 0.1) is 5.73 Å². The van der Waals surface area contributed by atoms with Crippen LogP contribution in [-0.4, -0.2) is 28.2 Å². The van der Waals surface area contributed by atoms with Gasteiger partial charge in [0.15, 0.2) is 9.04 Å². The SMILES string of the molecule is CCCC(O)[Si](C)(C)O[SiH](C)C. The van der Waals surface area contributed by atoms with Crippen LogP contribution in [0.15, 0.2) is 0 Å². The van der Waals surface area contributed by atoms with Gasteiger partial charge in [0, 0.05) is 0 Å². The highest BCUT2D eigenvalue weighted by molar-refractivity contribution is 6.78. The summed E-state index contributed by atoms with van der Waals surface area (Å²) in [6.07, 6.45) is 1.93. The monoisotopic (exact) mass is 206 g/mol. The number of hydrogen-bond acceptors (Lipinski definition) is 2. The zero-order valence-corrected chi connectivity index (χ0v) is 11.1. The van der Waals surface area contributed by atoms with Crippen molar-refractivity contribution < 1.29 is 9.22 Å². The molecule has 4 heteroatoms. The van der Waals surface area contributed by atoms with Gasteiger partial charge < -0.3 is 9.22 Å². The molecule has 0 saturated heterocycles. The molecule has 0 aliphatic heterocycles. The van der Waals surface area contributed by atoms with Crippen molar-refractivity contribution in [1.29, 1.82) is 0 Å². The molecular formula is C8H22O2Si2. The molecule has 0 aliphatic rings. The van der Waals surface area contributed by atoms with Gasteiger partial charge in [-0.3, -0.25) is 0 Å². The van der Waals surface area contributed by atoms with E-state index in [1.165, 1.54) is 0 Å². The number of hydrogen-bond donors (Lipinski definition) is 1. The Morgan fingerprint density at radius 2 is 1.92 bits per heavy atom. The molecule has 0 fully saturated rings. The molecule has 74 valence electrons. The second-order valence-electron chi connectivity index (χ2n) is 4.07. The number of aliphatic hydroxyl groups excluding tert-OH is 1. The van der Waals surface area contributed by atoms with Gasteiger partial charge in [0.2, 0.25) is 8.32 Å². The normalized spacial score (nSPS) is 15.2. The van der Waals surface area contributed by atoms with Crippen molar-refractivity contribution in [1.82, 2.24) is 0 Å². The van der Waals surface area contributed by atoms with E-state index in [1.807, 2.05) is 0 Å². The zero-order valence-electron chi connectivity index (χ0n) is 8.92. The molecule has 2 nitrogen and oxygen atoms in total. The fraction of sp³-hybridized carbons (Fsp3) is 1.00. The van der Waals surface area contributed by atoms with Crippen LogP contribution in [0.5, 0.6) is 0 Å². The Labute approximate surface area is 78.8 Å². The first kappa shape index (κ1) is 12.4. The summed E-state index contributed by atoms with van der Waals surface area (Å²) < 4.78 is 5.88. The largest absolute Gasteiger partial charge is 0.457 e. The molecule has 0 aliphatic carbocycles. The van der Waals surface area contributed by atoms with Gasteiger partial charge in [0.1, 0.15) is 0 Å². The minimum absolute atomic E-state index is 0.183. The van der Waals surface area contributed by atoms with Crippen LogP contribution in [0.1, 0.15) is 19.8 Å². The summed E-state index contributed by atoms with van der Waals surface area (Å²) in [5.74, 6) is 0. The molecule has 1 atom stereocenters. The summed E-state index contributed by atoms with van der Waals surface area (Å²) in [6, 6.07) is 0. The van der Waals surface area contributed by atoms with Crippen molar-refractivity contribution in [2.75, 3.05) is 0 Å². The molecular weight excluding hydrogens is 184 g/mol. The van der Waals surface area contributed by atoms with Gasteiger partial charge in [0.25, 0.3) is 0 Å². The maximum Gasteiger partial charge on any atom is 0.202 e. The predicted molar refractivity (Wildman–Crippen MR) is 58.4 cm³/mol. The highest BCUT2D eigenvalue weighted by Crippen LogP contribution is 2.15. The molecule has 0 radical (unpaired) electrons. The first-order valence-corrected chi connectivity index (χ1v) is 10.5. The Morgan fingerprint density at radius 3 is 2.25 bits per heavy atom. The zero-order chi connectivity index (χ0) is 9.78. The third kappa shape index (κ3) is 4.40. The predicted octanol–water partition coefficient (Wildman–Crippen LogP) is 1.89. The minimum atomic E-state index is -1.77. The Kier molecular flexibility index (Phi) is 5.32. The van der Waals surface area contributed by atoms with Crippen LogP contribution < -0.4 is 0 Å². The highest BCUT2D eigenvalue weighted by Gasteiger charge is 2.31. The van der Waals surface area contributed by atoms with Gasteiger partial charge in [-0.15, -0.1) is 0 Å². The summed E-state index contributed by atoms with van der Waals surface area (Å²) in [7, 11) is -2.75. The summed E-state index contributed by atoms with van der Waals surface area (Å²) >= 11 is 0. The Hall–Kier alpha value is 0.354. The molecule has 0 spiro atoms. The van der Waals surface area contributed by atoms with Crippen LogP contribution in [0.25, 0.3) is 0 Å². The summed E-state index contributed by atoms with van der Waals surface area (Å²) in [6.45, 7) is 10.6. The quantitative estimate of drug-likeness (QED) is 0.696. The van der Waals surface area contributed by atoms with Crippen molar-refractivity contribution in [3.8, 4) is 0 Å². The van der Waals surface area contributed by atoms with Crippen LogP contribution in [0.3, 0.4) is 0 Å². The molecule has 0 aromatic carbocycles. The molecule has 0 amide bonds. The van der Waals surface area contributed by atoms with Gasteiger partial charge in [-0.2, -0.15) is 0 Å². The van der Waals surface area contributed by atoms with E-state index < -0.39 is 17.4 Å². The minimum Gasteiger partial charge on any atom is -0.457 e. The first-order chi connectivity index (χ1) is 5.40. The lowest BCUT2D eigenvalue weighted by Crippen LogP contribution is -2.47. The molecule has 0 rings (SSSR count). The van der Waals surface area contributed by atoms with E-state index in [1.54, 1.807) is 0 Å². The molecule has 0 aromatic heterocycles. The fourth-order valence-electron chi connectivity index (χ4n) is 1.31. The third-order valence-corrected chi connectivity index (χ3v) is 8.11. The molecule has 1 N–H and O–H groups in total. The van der Waals surface area contributed by atoms with Gasteiger partial charge >= 0.3 is 0 Å². The summed E-state index contributed by atoms with van der Waals surface area (Å²) in [5.41, 5.74) is -0.183. The topological polar surface area (TPSA) is 29.5 Å². The molecule has 0 saturated carbocycles. The Morgan fingerprint density at radius 1 is 1.42 bits per heavy atom. The highest BCUT2D eigenvalue weighted by atomic mass is 28.4. The first-order valence-electron chi connectivity index (χ1n) is 4.76. The maximum absolute atomic E-state index is 9.78. The van der Waals surface area contributed by atoms with Gasteiger partial charge in [-0.25, -0.2) is 0 Å². The van der Waals surface area contributed by atoms with Crippen LogP contribution in [0.4, 0.5) is 0 Å². The Bertz CT molecular complexity index is 126. The average Bonchev–Trinajstić information content (AvgIpc) is 1.85. The lowest BCUT2D eigenvalue weighted by Gasteiger charge is -2.30. The third-order valence-electron chi connectivity index (χ3n) is 1.90. The fourth-order valence-corrected chi connectivity index (χ4v) is 7.78. The second kappa shape index (κ2) is 5.16.